The summed E-state index contributed by atoms with van der Waals surface area (Å²) in [5.74, 6) is -0.935. The van der Waals surface area contributed by atoms with E-state index in [0.717, 1.165) is 6.42 Å². The van der Waals surface area contributed by atoms with Gasteiger partial charge < -0.3 is 15.0 Å². The number of nitrogens with zero attached hydrogens (tertiary/aromatic N) is 1. The first-order valence-corrected chi connectivity index (χ1v) is 7.62. The quantitative estimate of drug-likeness (QED) is 0.567. The number of carbonyl (C=O) groups excluding carboxylic acids is 3. The van der Waals surface area contributed by atoms with E-state index in [0.29, 0.717) is 19.4 Å². The molecule has 2 amide bonds. The fourth-order valence-electron chi connectivity index (χ4n) is 3.06. The zero-order chi connectivity index (χ0) is 16.9. The molecule has 22 heavy (non-hydrogen) atoms. The van der Waals surface area contributed by atoms with Crippen LogP contribution in [0, 0.1) is 5.92 Å². The first kappa shape index (κ1) is 18.2. The zero-order valence-corrected chi connectivity index (χ0v) is 13.8. The van der Waals surface area contributed by atoms with E-state index >= 15 is 0 Å². The summed E-state index contributed by atoms with van der Waals surface area (Å²) in [7, 11) is 1.30. The van der Waals surface area contributed by atoms with Gasteiger partial charge in [0.2, 0.25) is 11.8 Å². The number of nitrogens with one attached hydrogen (secondary N) is 1. The highest BCUT2D eigenvalue weighted by atomic mass is 16.5. The van der Waals surface area contributed by atoms with Crippen LogP contribution >= 0.6 is 0 Å². The van der Waals surface area contributed by atoms with Crippen molar-refractivity contribution in [1.29, 1.82) is 0 Å². The Labute approximate surface area is 131 Å². The van der Waals surface area contributed by atoms with E-state index in [1.165, 1.54) is 18.9 Å². The Morgan fingerprint density at radius 1 is 1.55 bits per heavy atom. The minimum atomic E-state index is -0.936. The average Bonchev–Trinajstić information content (AvgIpc) is 2.80. The molecule has 0 spiro atoms. The molecule has 0 saturated carbocycles. The second-order valence-electron chi connectivity index (χ2n) is 5.77. The third-order valence-corrected chi connectivity index (χ3v) is 4.48. The van der Waals surface area contributed by atoms with Crippen LogP contribution in [-0.2, 0) is 19.1 Å². The van der Waals surface area contributed by atoms with Gasteiger partial charge in [-0.25, -0.2) is 4.79 Å². The molecule has 1 aliphatic rings. The molecule has 0 unspecified atom stereocenters. The van der Waals surface area contributed by atoms with Gasteiger partial charge in [-0.1, -0.05) is 26.3 Å². The summed E-state index contributed by atoms with van der Waals surface area (Å²) < 4.78 is 4.79. The zero-order valence-electron chi connectivity index (χ0n) is 13.8. The van der Waals surface area contributed by atoms with Gasteiger partial charge in [0.05, 0.1) is 7.11 Å². The molecule has 1 rings (SSSR count). The van der Waals surface area contributed by atoms with E-state index < -0.39 is 17.6 Å². The van der Waals surface area contributed by atoms with E-state index in [4.69, 9.17) is 4.74 Å². The molecule has 3 atom stereocenters. The standard InChI is InChI=1S/C16H26N2O4/c1-6-8-13(14(20)22-5)18-10-9-16(15(18)21,11(3)7-2)17-12(4)19/h6,11,13H,1,7-10H2,2-5H3,(H,17,19)/t11-,13+,16-/m0/s1. The van der Waals surface area contributed by atoms with Crippen molar-refractivity contribution in [1.82, 2.24) is 10.2 Å². The van der Waals surface area contributed by atoms with Crippen LogP contribution in [0.3, 0.4) is 0 Å². The topological polar surface area (TPSA) is 75.7 Å². The van der Waals surface area contributed by atoms with Gasteiger partial charge in [-0.2, -0.15) is 0 Å². The van der Waals surface area contributed by atoms with Crippen LogP contribution in [0.5, 0.6) is 0 Å². The number of ether oxygens (including phenoxy) is 1. The smallest absolute Gasteiger partial charge is 0.328 e. The van der Waals surface area contributed by atoms with Crippen molar-refractivity contribution in [2.75, 3.05) is 13.7 Å². The lowest BCUT2D eigenvalue weighted by atomic mass is 9.81. The van der Waals surface area contributed by atoms with Gasteiger partial charge in [0, 0.05) is 13.5 Å². The van der Waals surface area contributed by atoms with Crippen LogP contribution in [0.1, 0.15) is 40.0 Å². The number of esters is 1. The minimum absolute atomic E-state index is 0.0177. The normalized spacial score (nSPS) is 23.8. The molecule has 0 radical (unpaired) electrons. The maximum atomic E-state index is 13.0. The highest BCUT2D eigenvalue weighted by Gasteiger charge is 2.52. The summed E-state index contributed by atoms with van der Waals surface area (Å²) in [4.78, 5) is 38.0. The van der Waals surface area contributed by atoms with Crippen LogP contribution in [0.25, 0.3) is 0 Å². The van der Waals surface area contributed by atoms with E-state index in [2.05, 4.69) is 11.9 Å². The van der Waals surface area contributed by atoms with Crippen molar-refractivity contribution in [3.05, 3.63) is 12.7 Å². The number of amides is 2. The molecule has 124 valence electrons. The van der Waals surface area contributed by atoms with Crippen LogP contribution in [-0.4, -0.2) is 47.9 Å². The second kappa shape index (κ2) is 7.42. The van der Waals surface area contributed by atoms with Crippen LogP contribution in [0.4, 0.5) is 0 Å². The predicted octanol–water partition coefficient (Wildman–Crippen LogP) is 1.26. The number of carbonyl (C=O) groups is 3. The fourth-order valence-corrected chi connectivity index (χ4v) is 3.06. The van der Waals surface area contributed by atoms with Gasteiger partial charge >= 0.3 is 5.97 Å². The second-order valence-corrected chi connectivity index (χ2v) is 5.77. The van der Waals surface area contributed by atoms with Crippen molar-refractivity contribution in [3.8, 4) is 0 Å². The van der Waals surface area contributed by atoms with Crippen LogP contribution < -0.4 is 5.32 Å². The average molecular weight is 310 g/mol. The third kappa shape index (κ3) is 3.31. The molecule has 1 fully saturated rings. The molecule has 0 aliphatic carbocycles. The number of methoxy groups -OCH3 is 1. The van der Waals surface area contributed by atoms with Crippen molar-refractivity contribution < 1.29 is 19.1 Å². The molecule has 1 saturated heterocycles. The number of likely N-dealkylation sites (tertiary alicyclic amines) is 1. The molecule has 1 aliphatic heterocycles. The lowest BCUT2D eigenvalue weighted by Crippen LogP contribution is -2.59. The molecule has 1 N–H and O–H groups in total. The molecular formula is C16H26N2O4. The van der Waals surface area contributed by atoms with Crippen molar-refractivity contribution >= 4 is 17.8 Å². The molecule has 6 heteroatoms. The van der Waals surface area contributed by atoms with Gasteiger partial charge in [0.15, 0.2) is 0 Å². The van der Waals surface area contributed by atoms with E-state index in [1.54, 1.807) is 6.08 Å². The van der Waals surface area contributed by atoms with Crippen LogP contribution in [0.2, 0.25) is 0 Å². The van der Waals surface area contributed by atoms with Gasteiger partial charge in [0.25, 0.3) is 0 Å². The predicted molar refractivity (Wildman–Crippen MR) is 83.0 cm³/mol. The Morgan fingerprint density at radius 2 is 2.18 bits per heavy atom. The summed E-state index contributed by atoms with van der Waals surface area (Å²) in [5.41, 5.74) is -0.936. The summed E-state index contributed by atoms with van der Waals surface area (Å²) in [6.07, 6.45) is 3.17. The maximum absolute atomic E-state index is 13.0. The van der Waals surface area contributed by atoms with Gasteiger partial charge in [-0.05, 0) is 18.8 Å². The van der Waals surface area contributed by atoms with E-state index in [1.807, 2.05) is 13.8 Å². The van der Waals surface area contributed by atoms with Crippen LogP contribution in [0.15, 0.2) is 12.7 Å². The van der Waals surface area contributed by atoms with Crippen molar-refractivity contribution in [3.63, 3.8) is 0 Å². The molecule has 0 aromatic rings. The SMILES string of the molecule is C=CC[C@H](C(=O)OC)N1CC[C@](NC(C)=O)([C@@H](C)CC)C1=O. The molecular weight excluding hydrogens is 284 g/mol. The Hall–Kier alpha value is -1.85. The van der Waals surface area contributed by atoms with Gasteiger partial charge in [-0.15, -0.1) is 6.58 Å². The van der Waals surface area contributed by atoms with Crippen molar-refractivity contribution in [2.24, 2.45) is 5.92 Å². The number of hydrogen-bond donors (Lipinski definition) is 1. The van der Waals surface area contributed by atoms with E-state index in [-0.39, 0.29) is 17.7 Å². The summed E-state index contributed by atoms with van der Waals surface area (Å²) >= 11 is 0. The highest BCUT2D eigenvalue weighted by Crippen LogP contribution is 2.34. The molecule has 0 aromatic carbocycles. The lowest BCUT2D eigenvalue weighted by Gasteiger charge is -2.35. The maximum Gasteiger partial charge on any atom is 0.328 e. The first-order chi connectivity index (χ1) is 10.3. The number of rotatable bonds is 7. The Balaban J connectivity index is 3.12. The van der Waals surface area contributed by atoms with E-state index in [9.17, 15) is 14.4 Å². The minimum Gasteiger partial charge on any atom is -0.467 e. The summed E-state index contributed by atoms with van der Waals surface area (Å²) in [6, 6.07) is -0.685. The van der Waals surface area contributed by atoms with Gasteiger partial charge in [0.1, 0.15) is 11.6 Å². The lowest BCUT2D eigenvalue weighted by molar-refractivity contribution is -0.153. The highest BCUT2D eigenvalue weighted by molar-refractivity contribution is 5.95. The fraction of sp³-hybridized carbons (Fsp3) is 0.688. The molecule has 6 nitrogen and oxygen atoms in total. The van der Waals surface area contributed by atoms with Gasteiger partial charge in [-0.3, -0.25) is 9.59 Å². The summed E-state index contributed by atoms with van der Waals surface area (Å²) in [6.45, 7) is 9.37. The third-order valence-electron chi connectivity index (χ3n) is 4.48. The number of hydrogen-bond acceptors (Lipinski definition) is 4. The monoisotopic (exact) mass is 310 g/mol. The Bertz CT molecular complexity index is 463. The summed E-state index contributed by atoms with van der Waals surface area (Å²) in [5, 5.41) is 2.83. The molecule has 1 heterocycles. The Morgan fingerprint density at radius 3 is 2.64 bits per heavy atom. The molecule has 0 bridgehead atoms. The Kier molecular flexibility index (Phi) is 6.14. The first-order valence-electron chi connectivity index (χ1n) is 7.62. The largest absolute Gasteiger partial charge is 0.467 e. The molecule has 0 aromatic heterocycles. The van der Waals surface area contributed by atoms with Crippen molar-refractivity contribution in [2.45, 2.75) is 51.6 Å².